The number of aromatic nitrogens is 2. The zero-order valence-electron chi connectivity index (χ0n) is 13.4. The molecule has 1 aliphatic rings. The molecule has 0 fully saturated rings. The molecule has 0 saturated heterocycles. The molecule has 3 aromatic rings. The lowest BCUT2D eigenvalue weighted by Gasteiger charge is -2.26. The highest BCUT2D eigenvalue weighted by atomic mass is 32.1. The van der Waals surface area contributed by atoms with Gasteiger partial charge in [0.25, 0.3) is 0 Å². The predicted octanol–water partition coefficient (Wildman–Crippen LogP) is 2.97. The van der Waals surface area contributed by atoms with E-state index in [9.17, 15) is 4.79 Å². The molecule has 1 aromatic carbocycles. The Balaban J connectivity index is 1.33. The Labute approximate surface area is 149 Å². The minimum atomic E-state index is -0.121. The lowest BCUT2D eigenvalue weighted by atomic mass is 10.2. The average Bonchev–Trinajstić information content (AvgIpc) is 3.27. The molecule has 0 saturated carbocycles. The van der Waals surface area contributed by atoms with Crippen molar-refractivity contribution in [2.24, 2.45) is 0 Å². The summed E-state index contributed by atoms with van der Waals surface area (Å²) >= 11 is 1.57. The maximum Gasteiger partial charge on any atom is 0.229 e. The molecule has 25 heavy (non-hydrogen) atoms. The average molecular weight is 355 g/mol. The number of nitrogens with zero attached hydrogens (tertiary/aromatic N) is 2. The maximum absolute atomic E-state index is 12.0. The van der Waals surface area contributed by atoms with Gasteiger partial charge >= 0.3 is 0 Å². The number of benzene rings is 1. The molecule has 0 bridgehead atoms. The Bertz CT molecular complexity index is 860. The topological polar surface area (TPSA) is 65.4 Å². The second kappa shape index (κ2) is 6.98. The molecule has 1 N–H and O–H groups in total. The number of thiophene rings is 1. The first kappa shape index (κ1) is 15.7. The van der Waals surface area contributed by atoms with Crippen molar-refractivity contribution in [2.75, 3.05) is 11.9 Å². The zero-order valence-corrected chi connectivity index (χ0v) is 14.2. The fraction of sp³-hybridized carbons (Fsp3) is 0.222. The summed E-state index contributed by atoms with van der Waals surface area (Å²) in [5, 5.41) is 9.11. The molecular weight excluding hydrogens is 338 g/mol. The van der Waals surface area contributed by atoms with E-state index >= 15 is 0 Å². The second-order valence-corrected chi connectivity index (χ2v) is 6.79. The zero-order chi connectivity index (χ0) is 17.1. The van der Waals surface area contributed by atoms with Crippen LogP contribution < -0.4 is 14.8 Å². The normalized spacial score (nSPS) is 15.8. The van der Waals surface area contributed by atoms with Gasteiger partial charge in [0.1, 0.15) is 6.61 Å². The number of hydrogen-bond acceptors (Lipinski definition) is 5. The summed E-state index contributed by atoms with van der Waals surface area (Å²) in [5.74, 6) is 1.46. The molecule has 1 amide bonds. The quantitative estimate of drug-likeness (QED) is 0.764. The van der Waals surface area contributed by atoms with Gasteiger partial charge in [0, 0.05) is 11.1 Å². The van der Waals surface area contributed by atoms with E-state index in [1.165, 1.54) is 0 Å². The molecule has 1 atom stereocenters. The first-order chi connectivity index (χ1) is 12.3. The van der Waals surface area contributed by atoms with Crippen LogP contribution in [0.1, 0.15) is 4.88 Å². The van der Waals surface area contributed by atoms with Crippen LogP contribution in [0.25, 0.3) is 0 Å². The third-order valence-corrected chi connectivity index (χ3v) is 4.67. The molecule has 4 rings (SSSR count). The summed E-state index contributed by atoms with van der Waals surface area (Å²) in [6.45, 7) is 1.02. The van der Waals surface area contributed by atoms with Crippen LogP contribution in [0.5, 0.6) is 11.5 Å². The van der Waals surface area contributed by atoms with Gasteiger partial charge in [-0.05, 0) is 23.6 Å². The van der Waals surface area contributed by atoms with E-state index in [0.29, 0.717) is 25.3 Å². The highest BCUT2D eigenvalue weighted by molar-refractivity contribution is 7.10. The van der Waals surface area contributed by atoms with Gasteiger partial charge < -0.3 is 14.8 Å². The number of carbonyl (C=O) groups is 1. The van der Waals surface area contributed by atoms with E-state index in [2.05, 4.69) is 10.4 Å². The van der Waals surface area contributed by atoms with Crippen molar-refractivity contribution in [1.82, 2.24) is 9.78 Å². The number of amides is 1. The fourth-order valence-electron chi connectivity index (χ4n) is 2.67. The SMILES string of the molecule is O=C(Cc1cccs1)Nc1cnn(C[C@@H]2COc3ccccc3O2)c1. The largest absolute Gasteiger partial charge is 0.486 e. The maximum atomic E-state index is 12.0. The van der Waals surface area contributed by atoms with E-state index in [4.69, 9.17) is 9.47 Å². The van der Waals surface area contributed by atoms with Crippen LogP contribution in [0, 0.1) is 0 Å². The molecule has 0 spiro atoms. The van der Waals surface area contributed by atoms with E-state index in [1.807, 2.05) is 41.8 Å². The van der Waals surface area contributed by atoms with Gasteiger partial charge in [-0.3, -0.25) is 9.48 Å². The molecule has 2 aromatic heterocycles. The molecule has 128 valence electrons. The number of nitrogens with one attached hydrogen (secondary N) is 1. The van der Waals surface area contributed by atoms with Crippen LogP contribution in [0.2, 0.25) is 0 Å². The van der Waals surface area contributed by atoms with Crippen molar-refractivity contribution in [3.05, 3.63) is 59.0 Å². The monoisotopic (exact) mass is 355 g/mol. The van der Waals surface area contributed by atoms with E-state index in [0.717, 1.165) is 16.4 Å². The Morgan fingerprint density at radius 3 is 3.00 bits per heavy atom. The van der Waals surface area contributed by atoms with Crippen molar-refractivity contribution in [2.45, 2.75) is 19.1 Å². The van der Waals surface area contributed by atoms with Gasteiger partial charge in [0.05, 0.1) is 24.8 Å². The Morgan fingerprint density at radius 1 is 1.28 bits per heavy atom. The van der Waals surface area contributed by atoms with E-state index in [1.54, 1.807) is 28.4 Å². The van der Waals surface area contributed by atoms with Crippen LogP contribution in [0.15, 0.2) is 54.2 Å². The van der Waals surface area contributed by atoms with Gasteiger partial charge in [-0.1, -0.05) is 18.2 Å². The molecule has 0 aliphatic carbocycles. The molecule has 0 unspecified atom stereocenters. The van der Waals surface area contributed by atoms with Crippen molar-refractivity contribution < 1.29 is 14.3 Å². The van der Waals surface area contributed by atoms with Crippen molar-refractivity contribution in [3.63, 3.8) is 0 Å². The van der Waals surface area contributed by atoms with E-state index in [-0.39, 0.29) is 12.0 Å². The lowest BCUT2D eigenvalue weighted by Crippen LogP contribution is -2.33. The first-order valence-corrected chi connectivity index (χ1v) is 8.87. The molecule has 7 heteroatoms. The summed E-state index contributed by atoms with van der Waals surface area (Å²) in [6, 6.07) is 11.5. The van der Waals surface area contributed by atoms with Crippen molar-refractivity contribution in [3.8, 4) is 11.5 Å². The number of ether oxygens (including phenoxy) is 2. The van der Waals surface area contributed by atoms with Gasteiger partial charge in [-0.25, -0.2) is 0 Å². The highest BCUT2D eigenvalue weighted by Gasteiger charge is 2.21. The van der Waals surface area contributed by atoms with Crippen LogP contribution in [0.3, 0.4) is 0 Å². The number of rotatable bonds is 5. The number of carbonyl (C=O) groups excluding carboxylic acids is 1. The molecule has 0 radical (unpaired) electrons. The minimum Gasteiger partial charge on any atom is -0.486 e. The lowest BCUT2D eigenvalue weighted by molar-refractivity contribution is -0.115. The number of anilines is 1. The predicted molar refractivity (Wildman–Crippen MR) is 95.2 cm³/mol. The van der Waals surface area contributed by atoms with Crippen LogP contribution in [-0.2, 0) is 17.8 Å². The standard InChI is InChI=1S/C18H17N3O3S/c22-18(8-15-4-3-7-25-15)20-13-9-19-21(10-13)11-14-12-23-16-5-1-2-6-17(16)24-14/h1-7,9-10,14H,8,11-12H2,(H,20,22)/t14-/m1/s1. The van der Waals surface area contributed by atoms with Gasteiger partial charge in [-0.2, -0.15) is 5.10 Å². The molecule has 6 nitrogen and oxygen atoms in total. The highest BCUT2D eigenvalue weighted by Crippen LogP contribution is 2.31. The smallest absolute Gasteiger partial charge is 0.229 e. The van der Waals surface area contributed by atoms with E-state index < -0.39 is 0 Å². The summed E-state index contributed by atoms with van der Waals surface area (Å²) < 4.78 is 13.4. The van der Waals surface area contributed by atoms with Crippen LogP contribution >= 0.6 is 11.3 Å². The molecule has 3 heterocycles. The fourth-order valence-corrected chi connectivity index (χ4v) is 3.37. The summed E-state index contributed by atoms with van der Waals surface area (Å²) in [4.78, 5) is 13.1. The summed E-state index contributed by atoms with van der Waals surface area (Å²) in [6.07, 6.45) is 3.70. The Morgan fingerprint density at radius 2 is 2.16 bits per heavy atom. The third kappa shape index (κ3) is 3.83. The second-order valence-electron chi connectivity index (χ2n) is 5.75. The van der Waals surface area contributed by atoms with Crippen LogP contribution in [-0.4, -0.2) is 28.4 Å². The van der Waals surface area contributed by atoms with Crippen molar-refractivity contribution in [1.29, 1.82) is 0 Å². The summed E-state index contributed by atoms with van der Waals surface area (Å²) in [7, 11) is 0. The molecule has 1 aliphatic heterocycles. The van der Waals surface area contributed by atoms with Gasteiger partial charge in [0.15, 0.2) is 17.6 Å². The first-order valence-electron chi connectivity index (χ1n) is 7.99. The molecular formula is C18H17N3O3S. The van der Waals surface area contributed by atoms with Crippen molar-refractivity contribution >= 4 is 22.9 Å². The number of fused-ring (bicyclic) bond motifs is 1. The minimum absolute atomic E-state index is 0.0480. The summed E-state index contributed by atoms with van der Waals surface area (Å²) in [5.41, 5.74) is 0.679. The number of para-hydroxylation sites is 2. The Kier molecular flexibility index (Phi) is 4.39. The third-order valence-electron chi connectivity index (χ3n) is 3.79. The Hall–Kier alpha value is -2.80. The number of hydrogen-bond donors (Lipinski definition) is 1. The van der Waals surface area contributed by atoms with Gasteiger partial charge in [0.2, 0.25) is 5.91 Å². The van der Waals surface area contributed by atoms with Gasteiger partial charge in [-0.15, -0.1) is 11.3 Å². The van der Waals surface area contributed by atoms with Crippen LogP contribution in [0.4, 0.5) is 5.69 Å².